The maximum absolute atomic E-state index is 13.5. The number of rotatable bonds is 3. The highest BCUT2D eigenvalue weighted by Gasteiger charge is 2.09. The van der Waals surface area contributed by atoms with Gasteiger partial charge in [0.25, 0.3) is 0 Å². The van der Waals surface area contributed by atoms with Crippen LogP contribution in [0.4, 0.5) is 4.39 Å². The largest absolute Gasteiger partial charge is 0.481 e. The summed E-state index contributed by atoms with van der Waals surface area (Å²) >= 11 is 1.45. The van der Waals surface area contributed by atoms with Gasteiger partial charge >= 0.3 is 5.97 Å². The summed E-state index contributed by atoms with van der Waals surface area (Å²) in [5.41, 5.74) is 0.788. The third-order valence-corrected chi connectivity index (χ3v) is 3.23. The minimum Gasteiger partial charge on any atom is -0.481 e. The van der Waals surface area contributed by atoms with E-state index in [0.29, 0.717) is 11.8 Å². The summed E-state index contributed by atoms with van der Waals surface area (Å²) in [5, 5.41) is 11.0. The van der Waals surface area contributed by atoms with E-state index in [9.17, 15) is 9.18 Å². The van der Waals surface area contributed by atoms with Gasteiger partial charge in [0.2, 0.25) is 0 Å². The minimum atomic E-state index is -0.856. The first-order valence-corrected chi connectivity index (χ1v) is 5.43. The van der Waals surface area contributed by atoms with Gasteiger partial charge in [-0.3, -0.25) is 4.79 Å². The Kier molecular flexibility index (Phi) is 2.68. The predicted octanol–water partition coefficient (Wildman–Crippen LogP) is 3.06. The van der Waals surface area contributed by atoms with Crippen molar-refractivity contribution in [1.82, 2.24) is 0 Å². The van der Waals surface area contributed by atoms with Gasteiger partial charge in [0, 0.05) is 16.5 Å². The van der Waals surface area contributed by atoms with Crippen LogP contribution in [0.3, 0.4) is 0 Å². The Morgan fingerprint density at radius 1 is 1.47 bits per heavy atom. The molecule has 0 amide bonds. The van der Waals surface area contributed by atoms with E-state index in [1.165, 1.54) is 17.4 Å². The number of carboxylic acids is 1. The summed E-state index contributed by atoms with van der Waals surface area (Å²) in [4.78, 5) is 10.4. The third-order valence-electron chi connectivity index (χ3n) is 2.23. The molecule has 78 valence electrons. The summed E-state index contributed by atoms with van der Waals surface area (Å²) < 4.78 is 14.3. The lowest BCUT2D eigenvalue weighted by Crippen LogP contribution is -1.97. The molecule has 1 aromatic heterocycles. The van der Waals surface area contributed by atoms with Gasteiger partial charge < -0.3 is 5.11 Å². The van der Waals surface area contributed by atoms with Crippen LogP contribution >= 0.6 is 11.3 Å². The van der Waals surface area contributed by atoms with Crippen LogP contribution < -0.4 is 0 Å². The second kappa shape index (κ2) is 3.98. The Balaban J connectivity index is 2.39. The van der Waals surface area contributed by atoms with Gasteiger partial charge in [0.1, 0.15) is 5.82 Å². The maximum Gasteiger partial charge on any atom is 0.303 e. The Morgan fingerprint density at radius 2 is 2.27 bits per heavy atom. The van der Waals surface area contributed by atoms with E-state index in [2.05, 4.69) is 0 Å². The number of carboxylic acid groups (broad SMARTS) is 1. The fraction of sp³-hybridized carbons (Fsp3) is 0.182. The zero-order chi connectivity index (χ0) is 10.8. The number of thiophene rings is 1. The number of aliphatic carboxylic acids is 1. The van der Waals surface area contributed by atoms with Crippen molar-refractivity contribution in [2.24, 2.45) is 0 Å². The van der Waals surface area contributed by atoms with Gasteiger partial charge in [0.15, 0.2) is 0 Å². The van der Waals surface area contributed by atoms with Crippen LogP contribution in [0.2, 0.25) is 0 Å². The summed E-state index contributed by atoms with van der Waals surface area (Å²) in [6.45, 7) is 0. The second-order valence-electron chi connectivity index (χ2n) is 3.27. The van der Waals surface area contributed by atoms with Gasteiger partial charge in [-0.25, -0.2) is 4.39 Å². The third kappa shape index (κ3) is 1.99. The Morgan fingerprint density at radius 3 is 3.00 bits per heavy atom. The van der Waals surface area contributed by atoms with Crippen LogP contribution in [0.5, 0.6) is 0 Å². The number of fused-ring (bicyclic) bond motifs is 1. The first-order chi connectivity index (χ1) is 7.18. The highest BCUT2D eigenvalue weighted by molar-refractivity contribution is 7.17. The number of benzene rings is 1. The van der Waals surface area contributed by atoms with Crippen LogP contribution in [-0.2, 0) is 11.2 Å². The van der Waals surface area contributed by atoms with Crippen LogP contribution in [0.25, 0.3) is 10.1 Å². The van der Waals surface area contributed by atoms with E-state index in [0.717, 1.165) is 10.3 Å². The van der Waals surface area contributed by atoms with Crippen LogP contribution in [0.1, 0.15) is 12.0 Å². The van der Waals surface area contributed by atoms with Crippen molar-refractivity contribution < 1.29 is 14.3 Å². The molecule has 1 aromatic carbocycles. The van der Waals surface area contributed by atoms with Crippen molar-refractivity contribution in [1.29, 1.82) is 0 Å². The molecule has 0 fully saturated rings. The van der Waals surface area contributed by atoms with Crippen LogP contribution in [0.15, 0.2) is 23.6 Å². The molecule has 0 atom stereocenters. The highest BCUT2D eigenvalue weighted by Crippen LogP contribution is 2.28. The number of hydrogen-bond acceptors (Lipinski definition) is 2. The molecule has 2 aromatic rings. The van der Waals surface area contributed by atoms with Crippen molar-refractivity contribution in [3.63, 3.8) is 0 Å². The molecule has 0 aliphatic heterocycles. The fourth-order valence-electron chi connectivity index (χ4n) is 1.53. The van der Waals surface area contributed by atoms with Gasteiger partial charge in [-0.2, -0.15) is 0 Å². The zero-order valence-electron chi connectivity index (χ0n) is 7.87. The monoisotopic (exact) mass is 224 g/mol. The van der Waals surface area contributed by atoms with Gasteiger partial charge in [-0.1, -0.05) is 6.07 Å². The molecule has 15 heavy (non-hydrogen) atoms. The lowest BCUT2D eigenvalue weighted by atomic mass is 10.1. The van der Waals surface area contributed by atoms with Crippen molar-refractivity contribution >= 4 is 27.4 Å². The summed E-state index contributed by atoms with van der Waals surface area (Å²) in [6.07, 6.45) is 0.427. The molecule has 0 saturated carbocycles. The van der Waals surface area contributed by atoms with Gasteiger partial charge in [-0.15, -0.1) is 11.3 Å². The predicted molar refractivity (Wildman–Crippen MR) is 57.7 cm³/mol. The number of hydrogen-bond donors (Lipinski definition) is 1. The zero-order valence-corrected chi connectivity index (χ0v) is 8.68. The molecule has 1 heterocycles. The molecule has 4 heteroatoms. The van der Waals surface area contributed by atoms with Crippen molar-refractivity contribution in [2.75, 3.05) is 0 Å². The second-order valence-corrected chi connectivity index (χ2v) is 4.18. The molecule has 2 nitrogen and oxygen atoms in total. The van der Waals surface area contributed by atoms with Crippen molar-refractivity contribution in [3.05, 3.63) is 35.0 Å². The van der Waals surface area contributed by atoms with Crippen molar-refractivity contribution in [2.45, 2.75) is 12.8 Å². The van der Waals surface area contributed by atoms with Crippen LogP contribution in [0, 0.1) is 5.82 Å². The van der Waals surface area contributed by atoms with E-state index in [-0.39, 0.29) is 12.2 Å². The van der Waals surface area contributed by atoms with Gasteiger partial charge in [-0.05, 0) is 29.5 Å². The first-order valence-electron chi connectivity index (χ1n) is 4.55. The molecule has 1 N–H and O–H groups in total. The number of halogens is 1. The average molecular weight is 224 g/mol. The fourth-order valence-corrected chi connectivity index (χ4v) is 2.54. The molecule has 0 radical (unpaired) electrons. The smallest absolute Gasteiger partial charge is 0.303 e. The molecular formula is C11H9FO2S. The average Bonchev–Trinajstić information content (AvgIpc) is 2.59. The molecule has 2 rings (SSSR count). The lowest BCUT2D eigenvalue weighted by molar-refractivity contribution is -0.136. The molecule has 0 unspecified atom stereocenters. The Bertz CT molecular complexity index is 504. The Hall–Kier alpha value is -1.42. The van der Waals surface area contributed by atoms with E-state index >= 15 is 0 Å². The molecule has 0 saturated heterocycles. The van der Waals surface area contributed by atoms with Crippen LogP contribution in [-0.4, -0.2) is 11.1 Å². The molecule has 0 spiro atoms. The molecule has 0 bridgehead atoms. The summed E-state index contributed by atoms with van der Waals surface area (Å²) in [5.74, 6) is -1.13. The van der Waals surface area contributed by atoms with E-state index in [1.54, 1.807) is 6.07 Å². The number of carbonyl (C=O) groups is 1. The quantitative estimate of drug-likeness (QED) is 0.870. The first kappa shape index (κ1) is 10.1. The maximum atomic E-state index is 13.5. The molecule has 0 aliphatic carbocycles. The highest BCUT2D eigenvalue weighted by atomic mass is 32.1. The SMILES string of the molecule is O=C(O)CCc1csc2cccc(F)c12. The van der Waals surface area contributed by atoms with E-state index < -0.39 is 5.97 Å². The Labute approximate surface area is 90.0 Å². The number of aryl methyl sites for hydroxylation is 1. The van der Waals surface area contributed by atoms with Crippen molar-refractivity contribution in [3.8, 4) is 0 Å². The van der Waals surface area contributed by atoms with E-state index in [1.807, 2.05) is 11.4 Å². The van der Waals surface area contributed by atoms with Gasteiger partial charge in [0.05, 0.1) is 0 Å². The molecule has 0 aliphatic rings. The van der Waals surface area contributed by atoms with E-state index in [4.69, 9.17) is 5.11 Å². The lowest BCUT2D eigenvalue weighted by Gasteiger charge is -1.97. The summed E-state index contributed by atoms with van der Waals surface area (Å²) in [7, 11) is 0. The minimum absolute atomic E-state index is 0.0418. The standard InChI is InChI=1S/C11H9FO2S/c12-8-2-1-3-9-11(8)7(6-15-9)4-5-10(13)14/h1-3,6H,4-5H2,(H,13,14). The normalized spacial score (nSPS) is 10.7. The molecular weight excluding hydrogens is 215 g/mol. The topological polar surface area (TPSA) is 37.3 Å². The summed E-state index contributed by atoms with van der Waals surface area (Å²) in [6, 6.07) is 4.90.